The van der Waals surface area contributed by atoms with E-state index in [2.05, 4.69) is 28.2 Å². The Labute approximate surface area is 194 Å². The van der Waals surface area contributed by atoms with E-state index in [9.17, 15) is 20.4 Å². The fraction of sp³-hybridized carbons (Fsp3) is 1.00. The van der Waals surface area contributed by atoms with Gasteiger partial charge in [0.05, 0.1) is 12.1 Å². The number of aliphatic hydroxyl groups excluding tert-OH is 4. The van der Waals surface area contributed by atoms with Crippen LogP contribution in [0, 0.1) is 17.8 Å². The van der Waals surface area contributed by atoms with Crippen molar-refractivity contribution in [1.82, 2.24) is 21.3 Å². The Morgan fingerprint density at radius 1 is 0.938 bits per heavy atom. The highest BCUT2D eigenvalue weighted by molar-refractivity contribution is 4.89. The van der Waals surface area contributed by atoms with Crippen LogP contribution >= 0.6 is 0 Å². The molecule has 1 heterocycles. The average molecular weight is 463 g/mol. The zero-order valence-corrected chi connectivity index (χ0v) is 21.1. The monoisotopic (exact) mass is 462 g/mol. The van der Waals surface area contributed by atoms with Gasteiger partial charge in [0.15, 0.2) is 6.29 Å². The summed E-state index contributed by atoms with van der Waals surface area (Å²) in [6.07, 6.45) is -1.97. The zero-order valence-electron chi connectivity index (χ0n) is 21.1. The first-order chi connectivity index (χ1) is 15.0. The van der Waals surface area contributed by atoms with Crippen LogP contribution in [0.5, 0.6) is 0 Å². The predicted octanol–water partition coefficient (Wildman–Crippen LogP) is 0.281. The number of aliphatic hydroxyl groups is 4. The molecule has 9 heteroatoms. The van der Waals surface area contributed by atoms with Crippen molar-refractivity contribution in [1.29, 1.82) is 0 Å². The van der Waals surface area contributed by atoms with Crippen LogP contribution in [0.1, 0.15) is 67.7 Å². The molecule has 9 unspecified atom stereocenters. The molecule has 1 saturated heterocycles. The van der Waals surface area contributed by atoms with Gasteiger partial charge in [-0.25, -0.2) is 0 Å². The molecule has 0 aromatic heterocycles. The van der Waals surface area contributed by atoms with Crippen LogP contribution in [-0.2, 0) is 4.74 Å². The molecule has 0 aromatic rings. The standard InChI is InChI=1S/C23H50N4O5/c1-8-9-15(6)23(31)32-20(14(4)5)22(30)27-18(10-17-11-24-12-25-17)21(29)26-16(7)19(28)13(2)3/h13-31H,8-12H2,1-7H3. The van der Waals surface area contributed by atoms with Crippen LogP contribution in [0.3, 0.4) is 0 Å². The van der Waals surface area contributed by atoms with Gasteiger partial charge in [-0.15, -0.1) is 0 Å². The first-order valence-corrected chi connectivity index (χ1v) is 12.3. The van der Waals surface area contributed by atoms with E-state index in [-0.39, 0.29) is 29.8 Å². The van der Waals surface area contributed by atoms with Gasteiger partial charge in [-0.05, 0) is 31.6 Å². The van der Waals surface area contributed by atoms with E-state index in [0.717, 1.165) is 19.4 Å². The maximum Gasteiger partial charge on any atom is 0.157 e. The zero-order chi connectivity index (χ0) is 24.4. The summed E-state index contributed by atoms with van der Waals surface area (Å²) in [5.41, 5.74) is 0. The molecule has 1 aliphatic heterocycles. The molecule has 0 saturated carbocycles. The Morgan fingerprint density at radius 2 is 1.59 bits per heavy atom. The maximum absolute atomic E-state index is 11.0. The lowest BCUT2D eigenvalue weighted by atomic mass is 9.99. The second-order valence-corrected chi connectivity index (χ2v) is 10.1. The first-order valence-electron chi connectivity index (χ1n) is 12.3. The number of hydrogen-bond acceptors (Lipinski definition) is 9. The van der Waals surface area contributed by atoms with Crippen LogP contribution in [0.25, 0.3) is 0 Å². The Kier molecular flexibility index (Phi) is 13.7. The fourth-order valence-electron chi connectivity index (χ4n) is 4.16. The summed E-state index contributed by atoms with van der Waals surface area (Å²) >= 11 is 0. The van der Waals surface area contributed by atoms with Crippen molar-refractivity contribution in [2.24, 2.45) is 17.8 Å². The minimum atomic E-state index is -1.08. The van der Waals surface area contributed by atoms with Crippen molar-refractivity contribution < 1.29 is 25.2 Å². The predicted molar refractivity (Wildman–Crippen MR) is 127 cm³/mol. The average Bonchev–Trinajstić information content (AvgIpc) is 3.23. The van der Waals surface area contributed by atoms with E-state index in [1.165, 1.54) is 0 Å². The van der Waals surface area contributed by atoms with E-state index < -0.39 is 37.0 Å². The SMILES string of the molecule is CCCC(C)C(O)OC(C(C)C)C(O)NC(CC1CNCN1)C(O)NC(C)C(O)C(C)C. The van der Waals surface area contributed by atoms with Gasteiger partial charge in [-0.2, -0.15) is 0 Å². The highest BCUT2D eigenvalue weighted by Gasteiger charge is 2.34. The van der Waals surface area contributed by atoms with Crippen molar-refractivity contribution >= 4 is 0 Å². The molecule has 0 radical (unpaired) electrons. The van der Waals surface area contributed by atoms with Gasteiger partial charge < -0.3 is 35.8 Å². The minimum absolute atomic E-state index is 0.0383. The maximum atomic E-state index is 11.0. The molecular weight excluding hydrogens is 412 g/mol. The second-order valence-electron chi connectivity index (χ2n) is 10.1. The van der Waals surface area contributed by atoms with Crippen molar-refractivity contribution in [3.05, 3.63) is 0 Å². The normalized spacial score (nSPS) is 24.8. The molecule has 0 aromatic carbocycles. The molecule has 9 atom stereocenters. The number of rotatable bonds is 16. The van der Waals surface area contributed by atoms with Crippen molar-refractivity contribution in [2.45, 2.75) is 117 Å². The molecule has 1 rings (SSSR count). The Balaban J connectivity index is 2.87. The van der Waals surface area contributed by atoms with Gasteiger partial charge in [0.2, 0.25) is 0 Å². The summed E-state index contributed by atoms with van der Waals surface area (Å²) in [5, 5.41) is 55.5. The lowest BCUT2D eigenvalue weighted by Gasteiger charge is -2.36. The molecule has 1 fully saturated rings. The summed E-state index contributed by atoms with van der Waals surface area (Å²) in [4.78, 5) is 0. The van der Waals surface area contributed by atoms with Gasteiger partial charge in [0, 0.05) is 31.2 Å². The van der Waals surface area contributed by atoms with E-state index in [1.807, 2.05) is 41.5 Å². The van der Waals surface area contributed by atoms with Crippen LogP contribution in [0.4, 0.5) is 0 Å². The number of hydrogen-bond donors (Lipinski definition) is 8. The molecule has 0 spiro atoms. The van der Waals surface area contributed by atoms with E-state index >= 15 is 0 Å². The largest absolute Gasteiger partial charge is 0.391 e. The Bertz CT molecular complexity index is 493. The summed E-state index contributed by atoms with van der Waals surface area (Å²) in [6.45, 7) is 15.0. The topological polar surface area (TPSA) is 138 Å². The van der Waals surface area contributed by atoms with E-state index in [1.54, 1.807) is 0 Å². The molecule has 32 heavy (non-hydrogen) atoms. The lowest BCUT2D eigenvalue weighted by Crippen LogP contribution is -2.60. The number of nitrogens with one attached hydrogen (secondary N) is 4. The summed E-state index contributed by atoms with van der Waals surface area (Å²) in [6, 6.07) is -0.690. The van der Waals surface area contributed by atoms with E-state index in [4.69, 9.17) is 4.74 Å². The minimum Gasteiger partial charge on any atom is -0.391 e. The molecular formula is C23H50N4O5. The van der Waals surface area contributed by atoms with Gasteiger partial charge in [-0.3, -0.25) is 10.6 Å². The van der Waals surface area contributed by atoms with Crippen molar-refractivity contribution in [3.63, 3.8) is 0 Å². The molecule has 1 aliphatic rings. The summed E-state index contributed by atoms with van der Waals surface area (Å²) in [7, 11) is 0. The fourth-order valence-corrected chi connectivity index (χ4v) is 4.16. The number of ether oxygens (including phenoxy) is 1. The van der Waals surface area contributed by atoms with Gasteiger partial charge >= 0.3 is 0 Å². The smallest absolute Gasteiger partial charge is 0.157 e. The third kappa shape index (κ3) is 9.87. The lowest BCUT2D eigenvalue weighted by molar-refractivity contribution is -0.205. The Morgan fingerprint density at radius 3 is 2.09 bits per heavy atom. The van der Waals surface area contributed by atoms with Crippen molar-refractivity contribution in [3.8, 4) is 0 Å². The summed E-state index contributed by atoms with van der Waals surface area (Å²) < 4.78 is 5.86. The molecule has 0 bridgehead atoms. The van der Waals surface area contributed by atoms with Gasteiger partial charge in [-0.1, -0.05) is 48.0 Å². The van der Waals surface area contributed by atoms with Gasteiger partial charge in [0.1, 0.15) is 18.6 Å². The molecule has 192 valence electrons. The summed E-state index contributed by atoms with van der Waals surface area (Å²) in [5.74, 6) is -0.0453. The highest BCUT2D eigenvalue weighted by Crippen LogP contribution is 2.20. The molecule has 9 nitrogen and oxygen atoms in total. The van der Waals surface area contributed by atoms with Crippen LogP contribution in [0.15, 0.2) is 0 Å². The third-order valence-corrected chi connectivity index (χ3v) is 6.34. The van der Waals surface area contributed by atoms with Crippen LogP contribution < -0.4 is 21.3 Å². The quantitative estimate of drug-likeness (QED) is 0.152. The highest BCUT2D eigenvalue weighted by atomic mass is 16.6. The first kappa shape index (κ1) is 29.7. The van der Waals surface area contributed by atoms with Crippen LogP contribution in [0.2, 0.25) is 0 Å². The molecule has 0 aliphatic carbocycles. The second kappa shape index (κ2) is 14.8. The molecule has 8 N–H and O–H groups in total. The third-order valence-electron chi connectivity index (χ3n) is 6.34. The van der Waals surface area contributed by atoms with E-state index in [0.29, 0.717) is 13.1 Å². The Hall–Kier alpha value is -0.360. The van der Waals surface area contributed by atoms with Gasteiger partial charge in [0.25, 0.3) is 0 Å². The van der Waals surface area contributed by atoms with Crippen LogP contribution in [-0.4, -0.2) is 82.7 Å². The van der Waals surface area contributed by atoms with Crippen molar-refractivity contribution in [2.75, 3.05) is 13.2 Å². The molecule has 0 amide bonds.